The maximum Gasteiger partial charge on any atom is 0.270 e. The lowest BCUT2D eigenvalue weighted by Crippen LogP contribution is -2.24. The zero-order valence-electron chi connectivity index (χ0n) is 8.78. The van der Waals surface area contributed by atoms with Crippen LogP contribution in [-0.4, -0.2) is 20.4 Å². The Labute approximate surface area is 94.5 Å². The second-order valence-electron chi connectivity index (χ2n) is 3.40. The molecular formula is C10H7N3O4. The van der Waals surface area contributed by atoms with Crippen LogP contribution in [0.1, 0.15) is 11.7 Å². The molecule has 0 fully saturated rings. The highest BCUT2D eigenvalue weighted by molar-refractivity contribution is 5.83. The number of hydrogen-bond acceptors (Lipinski definition) is 5. The molecular weight excluding hydrogens is 226 g/mol. The average Bonchev–Trinajstić information content (AvgIpc) is 2.28. The number of nitro benzene ring substituents is 1. The monoisotopic (exact) mass is 233 g/mol. The van der Waals surface area contributed by atoms with Crippen molar-refractivity contribution in [1.29, 1.82) is 0 Å². The highest BCUT2D eigenvalue weighted by Crippen LogP contribution is 2.15. The van der Waals surface area contributed by atoms with E-state index in [4.69, 9.17) is 0 Å². The fourth-order valence-electron chi connectivity index (χ4n) is 1.45. The Morgan fingerprint density at radius 1 is 1.47 bits per heavy atom. The summed E-state index contributed by atoms with van der Waals surface area (Å²) in [6.07, 6.45) is 1.11. The Bertz CT molecular complexity index is 684. The van der Waals surface area contributed by atoms with Crippen LogP contribution in [0.25, 0.3) is 10.9 Å². The van der Waals surface area contributed by atoms with Gasteiger partial charge in [0.1, 0.15) is 6.33 Å². The van der Waals surface area contributed by atoms with Crippen molar-refractivity contribution in [3.8, 4) is 0 Å². The zero-order chi connectivity index (χ0) is 12.6. The van der Waals surface area contributed by atoms with E-state index >= 15 is 0 Å². The fourth-order valence-corrected chi connectivity index (χ4v) is 1.45. The zero-order valence-corrected chi connectivity index (χ0v) is 8.78. The van der Waals surface area contributed by atoms with Crippen LogP contribution >= 0.6 is 0 Å². The molecule has 0 saturated heterocycles. The van der Waals surface area contributed by atoms with Gasteiger partial charge in [-0.1, -0.05) is 0 Å². The van der Waals surface area contributed by atoms with Gasteiger partial charge in [0.2, 0.25) is 5.91 Å². The number of carbonyl (C=O) groups is 1. The van der Waals surface area contributed by atoms with Crippen LogP contribution in [0.4, 0.5) is 5.69 Å². The molecule has 7 nitrogen and oxygen atoms in total. The number of nitrogens with zero attached hydrogens (tertiary/aromatic N) is 3. The number of non-ortho nitro benzene ring substituents is 1. The molecule has 0 saturated carbocycles. The Hall–Kier alpha value is -2.57. The summed E-state index contributed by atoms with van der Waals surface area (Å²) < 4.78 is 0.812. The molecule has 1 aromatic carbocycles. The van der Waals surface area contributed by atoms with Crippen LogP contribution in [-0.2, 0) is 0 Å². The van der Waals surface area contributed by atoms with Crippen LogP contribution in [0.3, 0.4) is 0 Å². The standard InChI is InChI=1S/C10H7N3O4/c1-6(14)12-5-11-9-3-2-7(13(16)17)4-8(9)10(12)15/h2-5H,1H3. The van der Waals surface area contributed by atoms with Crippen molar-refractivity contribution in [2.75, 3.05) is 0 Å². The summed E-state index contributed by atoms with van der Waals surface area (Å²) >= 11 is 0. The first-order chi connectivity index (χ1) is 8.00. The number of fused-ring (bicyclic) bond motifs is 1. The lowest BCUT2D eigenvalue weighted by molar-refractivity contribution is -0.384. The van der Waals surface area contributed by atoms with Gasteiger partial charge in [0, 0.05) is 19.1 Å². The molecule has 0 N–H and O–H groups in total. The predicted molar refractivity (Wildman–Crippen MR) is 59.0 cm³/mol. The van der Waals surface area contributed by atoms with Gasteiger partial charge in [0.05, 0.1) is 15.8 Å². The number of nitro groups is 1. The third kappa shape index (κ3) is 1.78. The van der Waals surface area contributed by atoms with Crippen LogP contribution in [0.15, 0.2) is 29.3 Å². The van der Waals surface area contributed by atoms with Gasteiger partial charge in [-0.25, -0.2) is 9.55 Å². The number of aromatic nitrogens is 2. The maximum absolute atomic E-state index is 11.8. The summed E-state index contributed by atoms with van der Waals surface area (Å²) in [5.41, 5.74) is -0.498. The molecule has 0 unspecified atom stereocenters. The lowest BCUT2D eigenvalue weighted by Gasteiger charge is -2.01. The van der Waals surface area contributed by atoms with Gasteiger partial charge in [-0.15, -0.1) is 0 Å². The lowest BCUT2D eigenvalue weighted by atomic mass is 10.2. The van der Waals surface area contributed by atoms with Gasteiger partial charge in [-0.3, -0.25) is 19.7 Å². The second-order valence-corrected chi connectivity index (χ2v) is 3.40. The van der Waals surface area contributed by atoms with E-state index < -0.39 is 16.4 Å². The van der Waals surface area contributed by atoms with Gasteiger partial charge in [0.15, 0.2) is 0 Å². The first-order valence-electron chi connectivity index (χ1n) is 4.67. The maximum atomic E-state index is 11.8. The van der Waals surface area contributed by atoms with Crippen LogP contribution < -0.4 is 5.56 Å². The average molecular weight is 233 g/mol. The summed E-state index contributed by atoms with van der Waals surface area (Å²) in [7, 11) is 0. The molecule has 1 aromatic heterocycles. The number of benzene rings is 1. The quantitative estimate of drug-likeness (QED) is 0.540. The molecule has 0 aliphatic carbocycles. The van der Waals surface area contributed by atoms with E-state index in [0.717, 1.165) is 17.0 Å². The van der Waals surface area contributed by atoms with E-state index in [-0.39, 0.29) is 11.1 Å². The van der Waals surface area contributed by atoms with E-state index in [0.29, 0.717) is 5.52 Å². The van der Waals surface area contributed by atoms with E-state index in [1.807, 2.05) is 0 Å². The normalized spacial score (nSPS) is 10.4. The second kappa shape index (κ2) is 3.78. The number of rotatable bonds is 1. The van der Waals surface area contributed by atoms with Crippen molar-refractivity contribution >= 4 is 22.5 Å². The SMILES string of the molecule is CC(=O)n1cnc2ccc([N+](=O)[O-])cc2c1=O. The van der Waals surface area contributed by atoms with Crippen LogP contribution in [0.2, 0.25) is 0 Å². The third-order valence-electron chi connectivity index (χ3n) is 2.29. The molecule has 0 atom stereocenters. The predicted octanol–water partition coefficient (Wildman–Crippen LogP) is 0.965. The molecule has 0 bridgehead atoms. The van der Waals surface area contributed by atoms with E-state index in [1.54, 1.807) is 0 Å². The van der Waals surface area contributed by atoms with Gasteiger partial charge >= 0.3 is 0 Å². The summed E-state index contributed by atoms with van der Waals surface area (Å²) in [5, 5.41) is 10.6. The highest BCUT2D eigenvalue weighted by Gasteiger charge is 2.11. The molecule has 0 amide bonds. The molecule has 1 heterocycles. The number of hydrogen-bond donors (Lipinski definition) is 0. The minimum Gasteiger partial charge on any atom is -0.274 e. The molecule has 17 heavy (non-hydrogen) atoms. The molecule has 7 heteroatoms. The Morgan fingerprint density at radius 3 is 2.76 bits per heavy atom. The van der Waals surface area contributed by atoms with Crippen molar-refractivity contribution in [2.24, 2.45) is 0 Å². The number of carbonyl (C=O) groups excluding carboxylic acids is 1. The van der Waals surface area contributed by atoms with E-state index in [1.165, 1.54) is 19.1 Å². The molecule has 0 aliphatic rings. The van der Waals surface area contributed by atoms with Crippen molar-refractivity contribution in [3.63, 3.8) is 0 Å². The summed E-state index contributed by atoms with van der Waals surface area (Å²) in [6.45, 7) is 1.21. The first kappa shape index (κ1) is 10.9. The topological polar surface area (TPSA) is 95.1 Å². The minimum absolute atomic E-state index is 0.0527. The molecule has 86 valence electrons. The van der Waals surface area contributed by atoms with Gasteiger partial charge in [0.25, 0.3) is 11.2 Å². The molecule has 2 rings (SSSR count). The minimum atomic E-state index is -0.607. The summed E-state index contributed by atoms with van der Waals surface area (Å²) in [6, 6.07) is 3.75. The third-order valence-corrected chi connectivity index (χ3v) is 2.29. The van der Waals surface area contributed by atoms with Crippen molar-refractivity contribution in [2.45, 2.75) is 6.92 Å². The smallest absolute Gasteiger partial charge is 0.270 e. The van der Waals surface area contributed by atoms with Crippen LogP contribution in [0, 0.1) is 10.1 Å². The molecule has 0 spiro atoms. The Kier molecular flexibility index (Phi) is 2.43. The fraction of sp³-hybridized carbons (Fsp3) is 0.100. The summed E-state index contributed by atoms with van der Waals surface area (Å²) in [4.78, 5) is 36.8. The van der Waals surface area contributed by atoms with Crippen molar-refractivity contribution < 1.29 is 9.72 Å². The van der Waals surface area contributed by atoms with E-state index in [9.17, 15) is 19.7 Å². The Balaban J connectivity index is 2.83. The van der Waals surface area contributed by atoms with Crippen LogP contribution in [0.5, 0.6) is 0 Å². The van der Waals surface area contributed by atoms with Gasteiger partial charge < -0.3 is 0 Å². The van der Waals surface area contributed by atoms with Crippen molar-refractivity contribution in [3.05, 3.63) is 45.0 Å². The van der Waals surface area contributed by atoms with Gasteiger partial charge in [-0.2, -0.15) is 0 Å². The first-order valence-corrected chi connectivity index (χ1v) is 4.67. The van der Waals surface area contributed by atoms with E-state index in [2.05, 4.69) is 4.98 Å². The molecule has 0 aliphatic heterocycles. The van der Waals surface area contributed by atoms with Crippen molar-refractivity contribution in [1.82, 2.24) is 9.55 Å². The van der Waals surface area contributed by atoms with Gasteiger partial charge in [-0.05, 0) is 6.07 Å². The summed E-state index contributed by atoms with van der Waals surface area (Å²) in [5.74, 6) is -0.490. The Morgan fingerprint density at radius 2 is 2.18 bits per heavy atom. The molecule has 2 aromatic rings. The largest absolute Gasteiger partial charge is 0.274 e. The highest BCUT2D eigenvalue weighted by atomic mass is 16.6. The molecule has 0 radical (unpaired) electrons.